The summed E-state index contributed by atoms with van der Waals surface area (Å²) in [6.45, 7) is 11.3. The first kappa shape index (κ1) is 16.8. The summed E-state index contributed by atoms with van der Waals surface area (Å²) in [5, 5.41) is 1.24. The van der Waals surface area contributed by atoms with Gasteiger partial charge >= 0.3 is 0 Å². The molecule has 2 heteroatoms. The Labute approximate surface area is 144 Å². The highest BCUT2D eigenvalue weighted by Crippen LogP contribution is 2.43. The molecule has 24 heavy (non-hydrogen) atoms. The number of benzene rings is 2. The van der Waals surface area contributed by atoms with Crippen LogP contribution in [0.4, 0.5) is 4.39 Å². The highest BCUT2D eigenvalue weighted by atomic mass is 19.1. The summed E-state index contributed by atoms with van der Waals surface area (Å²) in [5.41, 5.74) is 4.96. The average Bonchev–Trinajstić information content (AvgIpc) is 2.92. The molecule has 3 rings (SSSR count). The molecule has 1 nitrogen and oxygen atoms in total. The molecule has 0 atom stereocenters. The summed E-state index contributed by atoms with van der Waals surface area (Å²) in [5.74, 6) is -0.192. The Hall–Kier alpha value is -2.09. The van der Waals surface area contributed by atoms with E-state index in [-0.39, 0.29) is 11.2 Å². The van der Waals surface area contributed by atoms with E-state index in [1.807, 2.05) is 12.1 Å². The number of para-hydroxylation sites is 1. The predicted molar refractivity (Wildman–Crippen MR) is 101 cm³/mol. The zero-order valence-corrected chi connectivity index (χ0v) is 15.2. The summed E-state index contributed by atoms with van der Waals surface area (Å²) in [6, 6.07) is 15.8. The summed E-state index contributed by atoms with van der Waals surface area (Å²) >= 11 is 0. The van der Waals surface area contributed by atoms with Gasteiger partial charge in [0.2, 0.25) is 0 Å². The van der Waals surface area contributed by atoms with E-state index in [9.17, 15) is 4.39 Å². The van der Waals surface area contributed by atoms with Gasteiger partial charge in [-0.25, -0.2) is 4.39 Å². The first-order valence-corrected chi connectivity index (χ1v) is 8.76. The van der Waals surface area contributed by atoms with Gasteiger partial charge in [-0.05, 0) is 44.0 Å². The highest BCUT2D eigenvalue weighted by Gasteiger charge is 2.30. The minimum Gasteiger partial charge on any atom is -0.341 e. The second-order valence-electron chi connectivity index (χ2n) is 7.45. The molecule has 0 spiro atoms. The van der Waals surface area contributed by atoms with E-state index in [0.29, 0.717) is 6.04 Å². The third-order valence-electron chi connectivity index (χ3n) is 5.08. The number of fused-ring (bicyclic) bond motifs is 1. The maximum atomic E-state index is 13.4. The van der Waals surface area contributed by atoms with E-state index in [4.69, 9.17) is 0 Å². The van der Waals surface area contributed by atoms with E-state index in [1.54, 1.807) is 12.1 Å². The van der Waals surface area contributed by atoms with Crippen molar-refractivity contribution in [3.63, 3.8) is 0 Å². The number of aromatic nitrogens is 1. The molecule has 0 saturated carbocycles. The van der Waals surface area contributed by atoms with Crippen LogP contribution in [0.25, 0.3) is 22.0 Å². The smallest absolute Gasteiger partial charge is 0.123 e. The van der Waals surface area contributed by atoms with Crippen molar-refractivity contribution in [1.82, 2.24) is 4.57 Å². The monoisotopic (exact) mass is 323 g/mol. The molecule has 0 aliphatic heterocycles. The predicted octanol–water partition coefficient (Wildman–Crippen LogP) is 6.72. The normalized spacial score (nSPS) is 12.3. The number of hydrogen-bond acceptors (Lipinski definition) is 0. The molecule has 0 saturated heterocycles. The van der Waals surface area contributed by atoms with Crippen LogP contribution in [0, 0.1) is 5.82 Å². The van der Waals surface area contributed by atoms with Gasteiger partial charge < -0.3 is 4.57 Å². The van der Waals surface area contributed by atoms with Gasteiger partial charge in [-0.1, -0.05) is 51.1 Å². The molecule has 0 radical (unpaired) electrons. The summed E-state index contributed by atoms with van der Waals surface area (Å²) in [7, 11) is 0. The fraction of sp³-hybridized carbons (Fsp3) is 0.364. The molecule has 3 aromatic rings. The second-order valence-corrected chi connectivity index (χ2v) is 7.45. The van der Waals surface area contributed by atoms with Crippen LogP contribution in [0.2, 0.25) is 0 Å². The van der Waals surface area contributed by atoms with Crippen LogP contribution in [0.1, 0.15) is 52.8 Å². The van der Waals surface area contributed by atoms with Crippen molar-refractivity contribution in [1.29, 1.82) is 0 Å². The summed E-state index contributed by atoms with van der Waals surface area (Å²) < 4.78 is 15.9. The van der Waals surface area contributed by atoms with Crippen molar-refractivity contribution in [2.45, 2.75) is 52.5 Å². The Balaban J connectivity index is 2.46. The topological polar surface area (TPSA) is 4.93 Å². The van der Waals surface area contributed by atoms with Crippen molar-refractivity contribution in [3.8, 4) is 11.1 Å². The van der Waals surface area contributed by atoms with Gasteiger partial charge in [0.1, 0.15) is 5.82 Å². The molecule has 0 aliphatic carbocycles. The van der Waals surface area contributed by atoms with Gasteiger partial charge in [0.05, 0.1) is 0 Å². The fourth-order valence-corrected chi connectivity index (χ4v) is 3.54. The quantitative estimate of drug-likeness (QED) is 0.502. The molecule has 0 bridgehead atoms. The van der Waals surface area contributed by atoms with Crippen LogP contribution in [0.5, 0.6) is 0 Å². The molecular formula is C22H26FN. The molecule has 0 unspecified atom stereocenters. The van der Waals surface area contributed by atoms with Crippen LogP contribution >= 0.6 is 0 Å². The SMILES string of the molecule is CCC(C)(C)c1c(-c2ccc(F)cc2)c2ccccc2n1C(C)C. The highest BCUT2D eigenvalue weighted by molar-refractivity contribution is 5.98. The average molecular weight is 323 g/mol. The second kappa shape index (κ2) is 6.08. The van der Waals surface area contributed by atoms with E-state index in [1.165, 1.54) is 22.2 Å². The lowest BCUT2D eigenvalue weighted by atomic mass is 9.82. The number of hydrogen-bond donors (Lipinski definition) is 0. The Morgan fingerprint density at radius 2 is 1.62 bits per heavy atom. The molecule has 0 N–H and O–H groups in total. The lowest BCUT2D eigenvalue weighted by Gasteiger charge is -2.29. The van der Waals surface area contributed by atoms with Crippen molar-refractivity contribution < 1.29 is 4.39 Å². The third-order valence-corrected chi connectivity index (χ3v) is 5.08. The van der Waals surface area contributed by atoms with Gasteiger partial charge in [-0.3, -0.25) is 0 Å². The van der Waals surface area contributed by atoms with E-state index < -0.39 is 0 Å². The lowest BCUT2D eigenvalue weighted by molar-refractivity contribution is 0.447. The number of nitrogens with zero attached hydrogens (tertiary/aromatic N) is 1. The maximum Gasteiger partial charge on any atom is 0.123 e. The molecular weight excluding hydrogens is 297 g/mol. The number of halogens is 1. The van der Waals surface area contributed by atoms with Crippen molar-refractivity contribution in [2.24, 2.45) is 0 Å². The summed E-state index contributed by atoms with van der Waals surface area (Å²) in [6.07, 6.45) is 1.05. The Morgan fingerprint density at radius 1 is 1.00 bits per heavy atom. The molecule has 1 aromatic heterocycles. The minimum absolute atomic E-state index is 0.0347. The van der Waals surface area contributed by atoms with Gasteiger partial charge in [0.15, 0.2) is 0 Å². The van der Waals surface area contributed by atoms with Gasteiger partial charge in [0, 0.05) is 33.6 Å². The Bertz CT molecular complexity index is 854. The molecule has 126 valence electrons. The minimum atomic E-state index is -0.192. The summed E-state index contributed by atoms with van der Waals surface area (Å²) in [4.78, 5) is 0. The van der Waals surface area contributed by atoms with Gasteiger partial charge in [-0.15, -0.1) is 0 Å². The zero-order valence-electron chi connectivity index (χ0n) is 15.2. The van der Waals surface area contributed by atoms with Crippen LogP contribution in [0.3, 0.4) is 0 Å². The van der Waals surface area contributed by atoms with E-state index >= 15 is 0 Å². The Morgan fingerprint density at radius 3 is 2.21 bits per heavy atom. The maximum absolute atomic E-state index is 13.4. The largest absolute Gasteiger partial charge is 0.341 e. The molecule has 0 aliphatic rings. The molecule has 2 aromatic carbocycles. The molecule has 0 amide bonds. The van der Waals surface area contributed by atoms with E-state index in [0.717, 1.165) is 12.0 Å². The van der Waals surface area contributed by atoms with Crippen LogP contribution in [-0.4, -0.2) is 4.57 Å². The van der Waals surface area contributed by atoms with Crippen LogP contribution < -0.4 is 0 Å². The molecule has 0 fully saturated rings. The van der Waals surface area contributed by atoms with Gasteiger partial charge in [0.25, 0.3) is 0 Å². The van der Waals surface area contributed by atoms with Crippen molar-refractivity contribution >= 4 is 10.9 Å². The molecule has 1 heterocycles. The van der Waals surface area contributed by atoms with Gasteiger partial charge in [-0.2, -0.15) is 0 Å². The zero-order chi connectivity index (χ0) is 17.5. The standard InChI is InChI=1S/C22H26FN/c1-6-22(4,5)21-20(16-11-13-17(23)14-12-16)18-9-7-8-10-19(18)24(21)15(2)3/h7-15H,6H2,1-5H3. The van der Waals surface area contributed by atoms with E-state index in [2.05, 4.69) is 63.5 Å². The van der Waals surface area contributed by atoms with Crippen LogP contribution in [-0.2, 0) is 5.41 Å². The number of rotatable bonds is 4. The lowest BCUT2D eigenvalue weighted by Crippen LogP contribution is -2.22. The van der Waals surface area contributed by atoms with Crippen molar-refractivity contribution in [3.05, 3.63) is 60.0 Å². The fourth-order valence-electron chi connectivity index (χ4n) is 3.54. The first-order chi connectivity index (χ1) is 11.4. The first-order valence-electron chi connectivity index (χ1n) is 8.76. The third kappa shape index (κ3) is 2.64. The van der Waals surface area contributed by atoms with Crippen molar-refractivity contribution in [2.75, 3.05) is 0 Å². The Kier molecular flexibility index (Phi) is 4.25. The van der Waals surface area contributed by atoms with Crippen LogP contribution in [0.15, 0.2) is 48.5 Å².